The molecular formula is C18H21N3O2S. The summed E-state index contributed by atoms with van der Waals surface area (Å²) >= 11 is 1.54. The number of carbonyl (C=O) groups is 1. The lowest BCUT2D eigenvalue weighted by Gasteiger charge is -2.24. The molecule has 0 bridgehead atoms. The smallest absolute Gasteiger partial charge is 0.254 e. The van der Waals surface area contributed by atoms with Crippen LogP contribution < -0.4 is 5.32 Å². The average Bonchev–Trinajstić information content (AvgIpc) is 3.27. The highest BCUT2D eigenvalue weighted by molar-refractivity contribution is 7.13. The van der Waals surface area contributed by atoms with Gasteiger partial charge in [-0.25, -0.2) is 4.98 Å². The minimum Gasteiger partial charge on any atom is -0.379 e. The fourth-order valence-electron chi connectivity index (χ4n) is 3.80. The third-order valence-electron chi connectivity index (χ3n) is 5.09. The molecule has 0 aliphatic carbocycles. The molecule has 0 spiro atoms. The zero-order chi connectivity index (χ0) is 16.7. The van der Waals surface area contributed by atoms with Crippen LogP contribution in [0.5, 0.6) is 0 Å². The van der Waals surface area contributed by atoms with E-state index < -0.39 is 0 Å². The molecule has 2 aliphatic heterocycles. The largest absolute Gasteiger partial charge is 0.379 e. The van der Waals surface area contributed by atoms with Crippen LogP contribution in [0, 0.1) is 11.3 Å². The Morgan fingerprint density at radius 2 is 2.29 bits per heavy atom. The Morgan fingerprint density at radius 3 is 3.08 bits per heavy atom. The van der Waals surface area contributed by atoms with Gasteiger partial charge in [-0.15, -0.1) is 11.3 Å². The lowest BCUT2D eigenvalue weighted by atomic mass is 9.80. The van der Waals surface area contributed by atoms with Crippen molar-refractivity contribution in [1.82, 2.24) is 9.88 Å². The standard InChI is InChI=1S/C18H21N3O2S/c1-18(2)11-21(15-10-23-9-14(15)18)16(22)12-4-3-5-13(8-12)20-17-19-6-7-24-17/h3-8,14-15H,9-11H2,1-2H3,(H,19,20)/t14-,15+/m0/s1. The fourth-order valence-corrected chi connectivity index (χ4v) is 4.35. The van der Waals surface area contributed by atoms with Crippen molar-refractivity contribution in [2.24, 2.45) is 11.3 Å². The van der Waals surface area contributed by atoms with E-state index in [2.05, 4.69) is 24.1 Å². The number of carbonyl (C=O) groups excluding carboxylic acids is 1. The number of fused-ring (bicyclic) bond motifs is 1. The number of hydrogen-bond acceptors (Lipinski definition) is 5. The van der Waals surface area contributed by atoms with Crippen molar-refractivity contribution in [3.63, 3.8) is 0 Å². The molecule has 2 fully saturated rings. The summed E-state index contributed by atoms with van der Waals surface area (Å²) in [5.74, 6) is 0.516. The van der Waals surface area contributed by atoms with Crippen molar-refractivity contribution in [2.45, 2.75) is 19.9 Å². The van der Waals surface area contributed by atoms with Crippen LogP contribution in [0.25, 0.3) is 0 Å². The molecule has 1 N–H and O–H groups in total. The highest BCUT2D eigenvalue weighted by Crippen LogP contribution is 2.43. The van der Waals surface area contributed by atoms with E-state index in [9.17, 15) is 4.79 Å². The van der Waals surface area contributed by atoms with Gasteiger partial charge in [-0.3, -0.25) is 4.79 Å². The van der Waals surface area contributed by atoms with Crippen LogP contribution in [0.3, 0.4) is 0 Å². The summed E-state index contributed by atoms with van der Waals surface area (Å²) in [6, 6.07) is 7.84. The van der Waals surface area contributed by atoms with Crippen LogP contribution in [0.1, 0.15) is 24.2 Å². The molecule has 5 nitrogen and oxygen atoms in total. The van der Waals surface area contributed by atoms with Crippen molar-refractivity contribution in [2.75, 3.05) is 25.1 Å². The second-order valence-corrected chi connectivity index (χ2v) is 8.07. The van der Waals surface area contributed by atoms with Gasteiger partial charge in [-0.1, -0.05) is 19.9 Å². The van der Waals surface area contributed by atoms with Crippen LogP contribution in [-0.4, -0.2) is 41.6 Å². The Balaban J connectivity index is 1.56. The monoisotopic (exact) mass is 343 g/mol. The quantitative estimate of drug-likeness (QED) is 0.928. The van der Waals surface area contributed by atoms with E-state index >= 15 is 0 Å². The number of thiazole rings is 1. The molecule has 1 aromatic heterocycles. The Labute approximate surface area is 145 Å². The summed E-state index contributed by atoms with van der Waals surface area (Å²) in [4.78, 5) is 19.3. The Kier molecular flexibility index (Phi) is 3.81. The lowest BCUT2D eigenvalue weighted by Crippen LogP contribution is -2.38. The second kappa shape index (κ2) is 5.86. The summed E-state index contributed by atoms with van der Waals surface area (Å²) in [5.41, 5.74) is 1.70. The molecule has 126 valence electrons. The van der Waals surface area contributed by atoms with E-state index in [1.165, 1.54) is 11.3 Å². The summed E-state index contributed by atoms with van der Waals surface area (Å²) < 4.78 is 5.64. The molecule has 2 aromatic rings. The van der Waals surface area contributed by atoms with E-state index in [0.29, 0.717) is 18.1 Å². The number of anilines is 2. The molecule has 6 heteroatoms. The molecule has 1 amide bonds. The molecule has 2 atom stereocenters. The molecule has 2 aliphatic rings. The van der Waals surface area contributed by atoms with Gasteiger partial charge >= 0.3 is 0 Å². The van der Waals surface area contributed by atoms with Crippen molar-refractivity contribution >= 4 is 28.1 Å². The number of benzene rings is 1. The topological polar surface area (TPSA) is 54.5 Å². The maximum Gasteiger partial charge on any atom is 0.254 e. The second-order valence-electron chi connectivity index (χ2n) is 7.18. The van der Waals surface area contributed by atoms with Gasteiger partial charge in [-0.05, 0) is 23.6 Å². The minimum absolute atomic E-state index is 0.0869. The van der Waals surface area contributed by atoms with E-state index in [4.69, 9.17) is 4.74 Å². The number of ether oxygens (including phenoxy) is 1. The fraction of sp³-hybridized carbons (Fsp3) is 0.444. The Morgan fingerprint density at radius 1 is 1.42 bits per heavy atom. The summed E-state index contributed by atoms with van der Waals surface area (Å²) in [6.45, 7) is 6.65. The third-order valence-corrected chi connectivity index (χ3v) is 5.77. The number of rotatable bonds is 3. The molecule has 0 saturated carbocycles. The SMILES string of the molecule is CC1(C)CN(C(=O)c2cccc(Nc3nccs3)c2)[C@@H]2COC[C@@H]21. The molecule has 3 heterocycles. The van der Waals surface area contributed by atoms with Crippen molar-refractivity contribution in [3.8, 4) is 0 Å². The maximum atomic E-state index is 13.1. The Hall–Kier alpha value is -1.92. The molecule has 0 unspecified atom stereocenters. The maximum absolute atomic E-state index is 13.1. The van der Waals surface area contributed by atoms with E-state index in [0.717, 1.165) is 24.0 Å². The first-order chi connectivity index (χ1) is 11.5. The van der Waals surface area contributed by atoms with Crippen LogP contribution in [-0.2, 0) is 4.74 Å². The van der Waals surface area contributed by atoms with E-state index in [1.807, 2.05) is 34.5 Å². The van der Waals surface area contributed by atoms with Crippen molar-refractivity contribution < 1.29 is 9.53 Å². The molecular weight excluding hydrogens is 322 g/mol. The first-order valence-corrected chi connectivity index (χ1v) is 9.08. The van der Waals surface area contributed by atoms with Gasteiger partial charge in [0.1, 0.15) is 0 Å². The first-order valence-electron chi connectivity index (χ1n) is 8.20. The van der Waals surface area contributed by atoms with E-state index in [1.54, 1.807) is 6.20 Å². The van der Waals surface area contributed by atoms with Gasteiger partial charge in [0.05, 0.1) is 19.3 Å². The average molecular weight is 343 g/mol. The zero-order valence-corrected chi connectivity index (χ0v) is 14.7. The van der Waals surface area contributed by atoms with Crippen molar-refractivity contribution in [1.29, 1.82) is 0 Å². The summed E-state index contributed by atoms with van der Waals surface area (Å²) in [6.07, 6.45) is 1.76. The predicted octanol–water partition coefficient (Wildman–Crippen LogP) is 3.38. The van der Waals surface area contributed by atoms with Gasteiger partial charge in [-0.2, -0.15) is 0 Å². The molecule has 2 saturated heterocycles. The van der Waals surface area contributed by atoms with Crippen LogP contribution >= 0.6 is 11.3 Å². The number of nitrogens with zero attached hydrogens (tertiary/aromatic N) is 2. The van der Waals surface area contributed by atoms with Gasteiger partial charge in [0.2, 0.25) is 0 Å². The van der Waals surface area contributed by atoms with Gasteiger partial charge in [0.15, 0.2) is 5.13 Å². The molecule has 4 rings (SSSR count). The predicted molar refractivity (Wildman–Crippen MR) is 94.8 cm³/mol. The molecule has 0 radical (unpaired) electrons. The zero-order valence-electron chi connectivity index (χ0n) is 13.9. The normalized spacial score (nSPS) is 24.8. The number of amides is 1. The van der Waals surface area contributed by atoms with E-state index in [-0.39, 0.29) is 17.4 Å². The first kappa shape index (κ1) is 15.6. The molecule has 1 aromatic carbocycles. The highest BCUT2D eigenvalue weighted by atomic mass is 32.1. The number of nitrogens with one attached hydrogen (secondary N) is 1. The lowest BCUT2D eigenvalue weighted by molar-refractivity contribution is 0.0665. The minimum atomic E-state index is 0.0869. The molecule has 24 heavy (non-hydrogen) atoms. The van der Waals surface area contributed by atoms with Crippen molar-refractivity contribution in [3.05, 3.63) is 41.4 Å². The van der Waals surface area contributed by atoms with Crippen LogP contribution in [0.2, 0.25) is 0 Å². The number of aromatic nitrogens is 1. The van der Waals surface area contributed by atoms with Crippen LogP contribution in [0.4, 0.5) is 10.8 Å². The number of likely N-dealkylation sites (tertiary alicyclic amines) is 1. The van der Waals surface area contributed by atoms with Gasteiger partial charge in [0.25, 0.3) is 5.91 Å². The third kappa shape index (κ3) is 2.70. The highest BCUT2D eigenvalue weighted by Gasteiger charge is 2.51. The summed E-state index contributed by atoms with van der Waals surface area (Å²) in [7, 11) is 0. The van der Waals surface area contributed by atoms with Gasteiger partial charge < -0.3 is 15.0 Å². The van der Waals surface area contributed by atoms with Gasteiger partial charge in [0, 0.05) is 35.3 Å². The van der Waals surface area contributed by atoms with Crippen LogP contribution in [0.15, 0.2) is 35.8 Å². The number of hydrogen-bond donors (Lipinski definition) is 1. The summed E-state index contributed by atoms with van der Waals surface area (Å²) in [5, 5.41) is 5.99. The Bertz CT molecular complexity index is 744.